The number of rotatable bonds is 9. The smallest absolute Gasteiger partial charge is 0.244 e. The van der Waals surface area contributed by atoms with E-state index in [0.29, 0.717) is 17.1 Å². The minimum Gasteiger partial charge on any atom is -0.497 e. The molecule has 0 bridgehead atoms. The fourth-order valence-corrected chi connectivity index (χ4v) is 4.44. The highest BCUT2D eigenvalue weighted by Gasteiger charge is 2.34. The number of amides is 1. The second kappa shape index (κ2) is 9.80. The van der Waals surface area contributed by atoms with Gasteiger partial charge in [0.1, 0.15) is 23.4 Å². The van der Waals surface area contributed by atoms with Gasteiger partial charge in [-0.05, 0) is 43.7 Å². The number of carbonyl (C=O) groups is 1. The van der Waals surface area contributed by atoms with Crippen molar-refractivity contribution < 1.29 is 27.1 Å². The highest BCUT2D eigenvalue weighted by Crippen LogP contribution is 2.30. The van der Waals surface area contributed by atoms with Crippen molar-refractivity contribution in [3.8, 4) is 11.5 Å². The second-order valence-electron chi connectivity index (χ2n) is 6.77. The zero-order valence-electron chi connectivity index (χ0n) is 17.7. The molecule has 0 heterocycles. The van der Waals surface area contributed by atoms with Crippen molar-refractivity contribution in [1.82, 2.24) is 5.32 Å². The molecule has 0 unspecified atom stereocenters. The predicted octanol–water partition coefficient (Wildman–Crippen LogP) is 3.26. The summed E-state index contributed by atoms with van der Waals surface area (Å²) in [7, 11) is -0.893. The first kappa shape index (κ1) is 23.5. The van der Waals surface area contributed by atoms with Crippen LogP contribution in [0, 0.1) is 5.82 Å². The molecule has 1 N–H and O–H groups in total. The van der Waals surface area contributed by atoms with Crippen LogP contribution in [0.4, 0.5) is 10.1 Å². The van der Waals surface area contributed by atoms with Crippen LogP contribution in [0.5, 0.6) is 11.5 Å². The van der Waals surface area contributed by atoms with Gasteiger partial charge >= 0.3 is 0 Å². The Morgan fingerprint density at radius 2 is 1.83 bits per heavy atom. The van der Waals surface area contributed by atoms with Crippen LogP contribution < -0.4 is 19.1 Å². The number of carbonyl (C=O) groups excluding carboxylic acids is 1. The molecule has 0 saturated heterocycles. The summed E-state index contributed by atoms with van der Waals surface area (Å²) < 4.78 is 50.7. The van der Waals surface area contributed by atoms with Gasteiger partial charge in [-0.2, -0.15) is 0 Å². The number of nitrogens with zero attached hydrogens (tertiary/aromatic N) is 1. The lowest BCUT2D eigenvalue weighted by Gasteiger charge is -2.31. The van der Waals surface area contributed by atoms with Gasteiger partial charge in [0.05, 0.1) is 32.2 Å². The third-order valence-electron chi connectivity index (χ3n) is 4.68. The number of halogens is 1. The number of nitrogens with one attached hydrogen (secondary N) is 1. The van der Waals surface area contributed by atoms with E-state index in [4.69, 9.17) is 9.47 Å². The maximum Gasteiger partial charge on any atom is 0.244 e. The van der Waals surface area contributed by atoms with Crippen molar-refractivity contribution in [3.05, 3.63) is 53.8 Å². The van der Waals surface area contributed by atoms with Crippen molar-refractivity contribution in [2.24, 2.45) is 0 Å². The van der Waals surface area contributed by atoms with E-state index in [2.05, 4.69) is 5.32 Å². The highest BCUT2D eigenvalue weighted by molar-refractivity contribution is 7.92. The molecule has 0 spiro atoms. The minimum atomic E-state index is -3.93. The zero-order valence-corrected chi connectivity index (χ0v) is 18.5. The van der Waals surface area contributed by atoms with Gasteiger partial charge in [-0.25, -0.2) is 12.8 Å². The molecule has 2 rings (SSSR count). The van der Waals surface area contributed by atoms with E-state index in [-0.39, 0.29) is 12.1 Å². The van der Waals surface area contributed by atoms with Gasteiger partial charge in [0.25, 0.3) is 0 Å². The third kappa shape index (κ3) is 5.21. The molecule has 2 aromatic rings. The molecule has 164 valence electrons. The van der Waals surface area contributed by atoms with Crippen molar-refractivity contribution >= 4 is 21.6 Å². The fourth-order valence-electron chi connectivity index (χ4n) is 3.23. The summed E-state index contributed by atoms with van der Waals surface area (Å²) in [6.45, 7) is 3.41. The van der Waals surface area contributed by atoms with Crippen LogP contribution in [-0.4, -0.2) is 40.8 Å². The first-order valence-electron chi connectivity index (χ1n) is 9.40. The van der Waals surface area contributed by atoms with Crippen molar-refractivity contribution in [2.75, 3.05) is 24.8 Å². The van der Waals surface area contributed by atoms with E-state index in [1.165, 1.54) is 32.4 Å². The number of hydrogen-bond donors (Lipinski definition) is 1. The molecule has 9 heteroatoms. The lowest BCUT2D eigenvalue weighted by atomic mass is 10.1. The number of sulfonamides is 1. The maximum atomic E-state index is 14.4. The van der Waals surface area contributed by atoms with Crippen LogP contribution in [0.15, 0.2) is 42.5 Å². The summed E-state index contributed by atoms with van der Waals surface area (Å²) in [5.74, 6) is -0.144. The molecule has 0 aliphatic rings. The molecule has 7 nitrogen and oxygen atoms in total. The summed E-state index contributed by atoms with van der Waals surface area (Å²) in [5, 5.41) is 2.81. The number of para-hydroxylation sites is 1. The SMILES string of the molecule is CC[C@@H](C(=O)N[C@@H](C)c1cc(OC)ccc1OC)N(c1ccccc1F)S(C)(=O)=O. The molecule has 2 aromatic carbocycles. The summed E-state index contributed by atoms with van der Waals surface area (Å²) in [5.41, 5.74) is 0.491. The van der Waals surface area contributed by atoms with E-state index in [0.717, 1.165) is 16.6 Å². The quantitative estimate of drug-likeness (QED) is 0.650. The Balaban J connectivity index is 2.38. The van der Waals surface area contributed by atoms with Gasteiger partial charge in [0.2, 0.25) is 15.9 Å². The largest absolute Gasteiger partial charge is 0.497 e. The molecule has 0 radical (unpaired) electrons. The monoisotopic (exact) mass is 438 g/mol. The fraction of sp³-hybridized carbons (Fsp3) is 0.381. The highest BCUT2D eigenvalue weighted by atomic mass is 32.2. The van der Waals surface area contributed by atoms with Gasteiger partial charge in [-0.1, -0.05) is 19.1 Å². The molecule has 30 heavy (non-hydrogen) atoms. The first-order chi connectivity index (χ1) is 14.1. The molecule has 0 aromatic heterocycles. The Bertz CT molecular complexity index is 997. The normalized spacial score (nSPS) is 13.3. The van der Waals surface area contributed by atoms with E-state index in [1.807, 2.05) is 0 Å². The van der Waals surface area contributed by atoms with E-state index in [1.54, 1.807) is 32.0 Å². The number of ether oxygens (including phenoxy) is 2. The summed E-state index contributed by atoms with van der Waals surface area (Å²) in [6, 6.07) is 9.00. The molecule has 0 aliphatic carbocycles. The molecular formula is C21H27FN2O5S. The van der Waals surface area contributed by atoms with Crippen LogP contribution in [0.1, 0.15) is 31.9 Å². The minimum absolute atomic E-state index is 0.148. The maximum absolute atomic E-state index is 14.4. The number of hydrogen-bond acceptors (Lipinski definition) is 5. The van der Waals surface area contributed by atoms with E-state index < -0.39 is 33.8 Å². The summed E-state index contributed by atoms with van der Waals surface area (Å²) in [4.78, 5) is 13.1. The summed E-state index contributed by atoms with van der Waals surface area (Å²) >= 11 is 0. The Morgan fingerprint density at radius 1 is 1.17 bits per heavy atom. The van der Waals surface area contributed by atoms with Crippen molar-refractivity contribution in [1.29, 1.82) is 0 Å². The molecule has 0 aliphatic heterocycles. The molecule has 1 amide bonds. The third-order valence-corrected chi connectivity index (χ3v) is 5.85. The Labute approximate surface area is 176 Å². The standard InChI is InChI=1S/C21H27FN2O5S/c1-6-18(24(30(5,26)27)19-10-8-7-9-17(19)22)21(25)23-14(2)16-13-15(28-3)11-12-20(16)29-4/h7-14,18H,6H2,1-5H3,(H,23,25)/t14-,18-/m0/s1. The zero-order chi connectivity index (χ0) is 22.5. The molecule has 0 fully saturated rings. The van der Waals surface area contributed by atoms with Gasteiger partial charge in [0, 0.05) is 5.56 Å². The van der Waals surface area contributed by atoms with Crippen molar-refractivity contribution in [3.63, 3.8) is 0 Å². The van der Waals surface area contributed by atoms with Gasteiger partial charge in [-0.3, -0.25) is 9.10 Å². The Kier molecular flexibility index (Phi) is 7.66. The molecular weight excluding hydrogens is 411 g/mol. The average molecular weight is 439 g/mol. The molecule has 2 atom stereocenters. The Morgan fingerprint density at radius 3 is 2.37 bits per heavy atom. The van der Waals surface area contributed by atoms with Crippen LogP contribution >= 0.6 is 0 Å². The topological polar surface area (TPSA) is 84.9 Å². The van der Waals surface area contributed by atoms with E-state index in [9.17, 15) is 17.6 Å². The predicted molar refractivity (Wildman–Crippen MR) is 114 cm³/mol. The lowest BCUT2D eigenvalue weighted by molar-refractivity contribution is -0.122. The van der Waals surface area contributed by atoms with Crippen LogP contribution in [0.25, 0.3) is 0 Å². The van der Waals surface area contributed by atoms with Gasteiger partial charge in [0.15, 0.2) is 0 Å². The lowest BCUT2D eigenvalue weighted by Crippen LogP contribution is -2.50. The summed E-state index contributed by atoms with van der Waals surface area (Å²) in [6.07, 6.45) is 1.10. The van der Waals surface area contributed by atoms with Crippen LogP contribution in [0.2, 0.25) is 0 Å². The van der Waals surface area contributed by atoms with E-state index >= 15 is 0 Å². The average Bonchev–Trinajstić information content (AvgIpc) is 2.71. The van der Waals surface area contributed by atoms with Gasteiger partial charge < -0.3 is 14.8 Å². The number of benzene rings is 2. The Hall–Kier alpha value is -2.81. The number of methoxy groups -OCH3 is 2. The van der Waals surface area contributed by atoms with Crippen molar-refractivity contribution in [2.45, 2.75) is 32.4 Å². The van der Waals surface area contributed by atoms with Crippen LogP contribution in [0.3, 0.4) is 0 Å². The first-order valence-corrected chi connectivity index (χ1v) is 11.2. The van der Waals surface area contributed by atoms with Gasteiger partial charge in [-0.15, -0.1) is 0 Å². The van der Waals surface area contributed by atoms with Crippen LogP contribution in [-0.2, 0) is 14.8 Å². The second-order valence-corrected chi connectivity index (χ2v) is 8.63. The number of anilines is 1. The molecule has 0 saturated carbocycles.